The van der Waals surface area contributed by atoms with E-state index in [1.54, 1.807) is 11.3 Å². The van der Waals surface area contributed by atoms with Crippen molar-refractivity contribution in [2.45, 2.75) is 19.4 Å². The standard InChI is InChI=1S/C10H12N2S/c1-2-7(11)10-12-8-5-3-4-6-9(8)13-10/h3-7H,2,11H2,1H3. The van der Waals surface area contributed by atoms with E-state index in [1.165, 1.54) is 4.70 Å². The fourth-order valence-electron chi connectivity index (χ4n) is 1.22. The van der Waals surface area contributed by atoms with Crippen LogP contribution in [0, 0.1) is 0 Å². The number of benzene rings is 1. The van der Waals surface area contributed by atoms with Gasteiger partial charge in [-0.25, -0.2) is 4.98 Å². The lowest BCUT2D eigenvalue weighted by atomic mass is 10.2. The SMILES string of the molecule is CCC(N)c1nc2ccccc2s1. The Bertz CT molecular complexity index is 375. The lowest BCUT2D eigenvalue weighted by molar-refractivity contribution is 0.694. The molecule has 1 aromatic carbocycles. The highest BCUT2D eigenvalue weighted by Gasteiger charge is 2.08. The first-order valence-corrected chi connectivity index (χ1v) is 5.24. The molecule has 1 unspecified atom stereocenters. The molecule has 13 heavy (non-hydrogen) atoms. The zero-order chi connectivity index (χ0) is 9.26. The Morgan fingerprint density at radius 1 is 1.46 bits per heavy atom. The molecule has 1 aromatic heterocycles. The number of hydrogen-bond donors (Lipinski definition) is 1. The van der Waals surface area contributed by atoms with Gasteiger partial charge in [-0.2, -0.15) is 0 Å². The largest absolute Gasteiger partial charge is 0.322 e. The van der Waals surface area contributed by atoms with Gasteiger partial charge in [0.2, 0.25) is 0 Å². The molecule has 0 bridgehead atoms. The molecule has 2 N–H and O–H groups in total. The van der Waals surface area contributed by atoms with Crippen molar-refractivity contribution in [2.24, 2.45) is 5.73 Å². The maximum atomic E-state index is 5.91. The van der Waals surface area contributed by atoms with Gasteiger partial charge in [-0.05, 0) is 18.6 Å². The number of nitrogens with two attached hydrogens (primary N) is 1. The van der Waals surface area contributed by atoms with E-state index in [1.807, 2.05) is 18.2 Å². The molecule has 0 aliphatic heterocycles. The van der Waals surface area contributed by atoms with Gasteiger partial charge in [0.15, 0.2) is 0 Å². The van der Waals surface area contributed by atoms with Crippen LogP contribution in [-0.2, 0) is 0 Å². The highest BCUT2D eigenvalue weighted by Crippen LogP contribution is 2.26. The molecule has 0 saturated heterocycles. The van der Waals surface area contributed by atoms with Gasteiger partial charge in [-0.3, -0.25) is 0 Å². The molecule has 2 rings (SSSR count). The van der Waals surface area contributed by atoms with Crippen molar-refractivity contribution in [3.8, 4) is 0 Å². The predicted molar refractivity (Wildman–Crippen MR) is 56.8 cm³/mol. The molecule has 0 radical (unpaired) electrons. The highest BCUT2D eigenvalue weighted by atomic mass is 32.1. The third-order valence-corrected chi connectivity index (χ3v) is 3.24. The molecule has 3 heteroatoms. The molecule has 0 amide bonds. The van der Waals surface area contributed by atoms with Crippen molar-refractivity contribution in [1.82, 2.24) is 4.98 Å². The van der Waals surface area contributed by atoms with Gasteiger partial charge in [-0.15, -0.1) is 11.3 Å². The lowest BCUT2D eigenvalue weighted by Crippen LogP contribution is -2.07. The minimum Gasteiger partial charge on any atom is -0.322 e. The summed E-state index contributed by atoms with van der Waals surface area (Å²) in [4.78, 5) is 4.48. The zero-order valence-corrected chi connectivity index (χ0v) is 8.34. The number of thiazole rings is 1. The van der Waals surface area contributed by atoms with Crippen LogP contribution < -0.4 is 5.73 Å². The Labute approximate surface area is 81.4 Å². The molecule has 2 nitrogen and oxygen atoms in total. The topological polar surface area (TPSA) is 38.9 Å². The molecule has 0 fully saturated rings. The van der Waals surface area contributed by atoms with Gasteiger partial charge in [0.25, 0.3) is 0 Å². The first kappa shape index (κ1) is 8.66. The van der Waals surface area contributed by atoms with E-state index in [9.17, 15) is 0 Å². The van der Waals surface area contributed by atoms with E-state index in [0.29, 0.717) is 0 Å². The molecule has 68 valence electrons. The molecule has 0 aliphatic rings. The van der Waals surface area contributed by atoms with E-state index >= 15 is 0 Å². The number of hydrogen-bond acceptors (Lipinski definition) is 3. The van der Waals surface area contributed by atoms with Crippen molar-refractivity contribution in [1.29, 1.82) is 0 Å². The van der Waals surface area contributed by atoms with E-state index in [2.05, 4.69) is 18.0 Å². The van der Waals surface area contributed by atoms with Crippen LogP contribution in [0.2, 0.25) is 0 Å². The molecule has 0 saturated carbocycles. The lowest BCUT2D eigenvalue weighted by Gasteiger charge is -2.01. The van der Waals surface area contributed by atoms with Crippen LogP contribution in [0.25, 0.3) is 10.2 Å². The van der Waals surface area contributed by atoms with Gasteiger partial charge in [0.05, 0.1) is 16.3 Å². The van der Waals surface area contributed by atoms with Crippen molar-refractivity contribution in [3.63, 3.8) is 0 Å². The average molecular weight is 192 g/mol. The van der Waals surface area contributed by atoms with Crippen LogP contribution in [-0.4, -0.2) is 4.98 Å². The van der Waals surface area contributed by atoms with Crippen molar-refractivity contribution >= 4 is 21.6 Å². The Morgan fingerprint density at radius 3 is 2.92 bits per heavy atom. The second-order valence-electron chi connectivity index (χ2n) is 3.03. The minimum atomic E-state index is 0.0948. The Kier molecular flexibility index (Phi) is 2.29. The number of aromatic nitrogens is 1. The highest BCUT2D eigenvalue weighted by molar-refractivity contribution is 7.18. The summed E-state index contributed by atoms with van der Waals surface area (Å²) >= 11 is 1.69. The summed E-state index contributed by atoms with van der Waals surface area (Å²) in [7, 11) is 0. The maximum Gasteiger partial charge on any atom is 0.111 e. The fourth-order valence-corrected chi connectivity index (χ4v) is 2.28. The third kappa shape index (κ3) is 1.57. The molecule has 0 aliphatic carbocycles. The number of fused-ring (bicyclic) bond motifs is 1. The maximum absolute atomic E-state index is 5.91. The molecule has 1 atom stereocenters. The first-order chi connectivity index (χ1) is 6.31. The molecular formula is C10H12N2S. The van der Waals surface area contributed by atoms with Crippen LogP contribution in [0.3, 0.4) is 0 Å². The van der Waals surface area contributed by atoms with Gasteiger partial charge in [0.1, 0.15) is 5.01 Å². The molecular weight excluding hydrogens is 180 g/mol. The summed E-state index contributed by atoms with van der Waals surface area (Å²) in [6.45, 7) is 2.08. The second kappa shape index (κ2) is 3.44. The predicted octanol–water partition coefficient (Wildman–Crippen LogP) is 2.71. The van der Waals surface area contributed by atoms with Gasteiger partial charge < -0.3 is 5.73 Å². The summed E-state index contributed by atoms with van der Waals surface area (Å²) < 4.78 is 1.22. The van der Waals surface area contributed by atoms with E-state index in [4.69, 9.17) is 5.73 Å². The number of nitrogens with zero attached hydrogens (tertiary/aromatic N) is 1. The average Bonchev–Trinajstić information content (AvgIpc) is 2.59. The van der Waals surface area contributed by atoms with Crippen LogP contribution in [0.5, 0.6) is 0 Å². The van der Waals surface area contributed by atoms with Crippen molar-refractivity contribution < 1.29 is 0 Å². The summed E-state index contributed by atoms with van der Waals surface area (Å²) in [5, 5.41) is 1.05. The van der Waals surface area contributed by atoms with Crippen molar-refractivity contribution in [3.05, 3.63) is 29.3 Å². The van der Waals surface area contributed by atoms with E-state index < -0.39 is 0 Å². The Morgan fingerprint density at radius 2 is 2.23 bits per heavy atom. The third-order valence-electron chi connectivity index (χ3n) is 2.07. The van der Waals surface area contributed by atoms with Crippen LogP contribution >= 0.6 is 11.3 Å². The first-order valence-electron chi connectivity index (χ1n) is 4.42. The van der Waals surface area contributed by atoms with Gasteiger partial charge in [0, 0.05) is 0 Å². The smallest absolute Gasteiger partial charge is 0.111 e. The monoisotopic (exact) mass is 192 g/mol. The fraction of sp³-hybridized carbons (Fsp3) is 0.300. The summed E-state index contributed by atoms with van der Waals surface area (Å²) in [5.74, 6) is 0. The second-order valence-corrected chi connectivity index (χ2v) is 4.10. The van der Waals surface area contributed by atoms with Crippen LogP contribution in [0.15, 0.2) is 24.3 Å². The normalized spacial score (nSPS) is 13.4. The Balaban J connectivity index is 2.49. The Hall–Kier alpha value is -0.930. The van der Waals surface area contributed by atoms with Crippen LogP contribution in [0.1, 0.15) is 24.4 Å². The molecule has 2 aromatic rings. The molecule has 1 heterocycles. The quantitative estimate of drug-likeness (QED) is 0.794. The van der Waals surface area contributed by atoms with Gasteiger partial charge >= 0.3 is 0 Å². The number of rotatable bonds is 2. The van der Waals surface area contributed by atoms with Gasteiger partial charge in [-0.1, -0.05) is 19.1 Å². The van der Waals surface area contributed by atoms with Crippen molar-refractivity contribution in [2.75, 3.05) is 0 Å². The van der Waals surface area contributed by atoms with Crippen LogP contribution in [0.4, 0.5) is 0 Å². The van der Waals surface area contributed by atoms with E-state index in [0.717, 1.165) is 16.9 Å². The summed E-state index contributed by atoms with van der Waals surface area (Å²) in [6, 6.07) is 8.24. The summed E-state index contributed by atoms with van der Waals surface area (Å²) in [6.07, 6.45) is 0.944. The molecule has 0 spiro atoms. The minimum absolute atomic E-state index is 0.0948. The van der Waals surface area contributed by atoms with E-state index in [-0.39, 0.29) is 6.04 Å². The number of para-hydroxylation sites is 1. The zero-order valence-electron chi connectivity index (χ0n) is 7.53. The summed E-state index contributed by atoms with van der Waals surface area (Å²) in [5.41, 5.74) is 6.97.